The van der Waals surface area contributed by atoms with Crippen LogP contribution in [0, 0.1) is 0 Å². The van der Waals surface area contributed by atoms with Crippen molar-refractivity contribution >= 4 is 36.3 Å². The zero-order valence-corrected chi connectivity index (χ0v) is 13.3. The van der Waals surface area contributed by atoms with Crippen molar-refractivity contribution in [3.05, 3.63) is 72.8 Å². The van der Waals surface area contributed by atoms with Crippen LogP contribution in [0.3, 0.4) is 0 Å². The van der Waals surface area contributed by atoms with Crippen LogP contribution in [0.15, 0.2) is 61.7 Å². The summed E-state index contributed by atoms with van der Waals surface area (Å²) >= 11 is 0. The molecule has 120 valence electrons. The van der Waals surface area contributed by atoms with Crippen LogP contribution in [0.5, 0.6) is 0 Å². The van der Waals surface area contributed by atoms with Gasteiger partial charge in [0.2, 0.25) is 0 Å². The number of hydrogen-bond acceptors (Lipinski definition) is 3. The first kappa shape index (κ1) is 16.2. The molecule has 1 unspecified atom stereocenters. The highest BCUT2D eigenvalue weighted by Gasteiger charge is 2.36. The van der Waals surface area contributed by atoms with E-state index in [0.29, 0.717) is 5.69 Å². The maximum Gasteiger partial charge on any atom is 0.494 e. The predicted molar refractivity (Wildman–Crippen MR) is 97.9 cm³/mol. The molecule has 1 amide bonds. The zero-order valence-electron chi connectivity index (χ0n) is 13.3. The van der Waals surface area contributed by atoms with E-state index >= 15 is 0 Å². The van der Waals surface area contributed by atoms with Crippen LogP contribution in [0.1, 0.15) is 11.1 Å². The van der Waals surface area contributed by atoms with Crippen molar-refractivity contribution in [2.75, 3.05) is 11.9 Å². The number of nitrogens with one attached hydrogen (secondary N) is 1. The Kier molecular flexibility index (Phi) is 4.94. The van der Waals surface area contributed by atoms with Crippen molar-refractivity contribution in [3.63, 3.8) is 0 Å². The number of amides is 1. The predicted octanol–water partition coefficient (Wildman–Crippen LogP) is 2.72. The fourth-order valence-corrected chi connectivity index (χ4v) is 2.43. The molecule has 1 atom stereocenters. The van der Waals surface area contributed by atoms with Crippen LogP contribution >= 0.6 is 0 Å². The molecule has 4 nitrogen and oxygen atoms in total. The Morgan fingerprint density at radius 2 is 1.62 bits per heavy atom. The minimum absolute atomic E-state index is 0.216. The van der Waals surface area contributed by atoms with Crippen LogP contribution in [0.4, 0.5) is 5.69 Å². The fourth-order valence-electron chi connectivity index (χ4n) is 2.43. The van der Waals surface area contributed by atoms with Gasteiger partial charge in [-0.15, -0.1) is 0 Å². The van der Waals surface area contributed by atoms with Crippen molar-refractivity contribution in [1.29, 1.82) is 0 Å². The summed E-state index contributed by atoms with van der Waals surface area (Å²) in [7, 11) is -0.525. The summed E-state index contributed by atoms with van der Waals surface area (Å²) in [6, 6.07) is 15.1. The van der Waals surface area contributed by atoms with Crippen molar-refractivity contribution in [1.82, 2.24) is 0 Å². The van der Waals surface area contributed by atoms with Gasteiger partial charge >= 0.3 is 7.12 Å². The second-order valence-electron chi connectivity index (χ2n) is 5.48. The van der Waals surface area contributed by atoms with Crippen LogP contribution in [0.2, 0.25) is 0 Å². The van der Waals surface area contributed by atoms with E-state index in [2.05, 4.69) is 18.5 Å². The third-order valence-electron chi connectivity index (χ3n) is 3.84. The van der Waals surface area contributed by atoms with E-state index in [1.807, 2.05) is 48.5 Å². The molecule has 5 heteroatoms. The molecule has 1 aliphatic heterocycles. The summed E-state index contributed by atoms with van der Waals surface area (Å²) in [4.78, 5) is 12.3. The van der Waals surface area contributed by atoms with Gasteiger partial charge in [0.15, 0.2) is 0 Å². The average molecular weight is 319 g/mol. The fraction of sp³-hybridized carbons (Fsp3) is 0.105. The van der Waals surface area contributed by atoms with E-state index < -0.39 is 13.2 Å². The number of benzene rings is 2. The van der Waals surface area contributed by atoms with Crippen molar-refractivity contribution in [3.8, 4) is 0 Å². The van der Waals surface area contributed by atoms with Gasteiger partial charge in [0.25, 0.3) is 5.91 Å². The first-order chi connectivity index (χ1) is 11.7. The van der Waals surface area contributed by atoms with Crippen LogP contribution < -0.4 is 10.8 Å². The van der Waals surface area contributed by atoms with Crippen LogP contribution in [-0.4, -0.2) is 25.7 Å². The molecule has 1 N–H and O–H groups in total. The number of rotatable bonds is 5. The maximum atomic E-state index is 12.3. The van der Waals surface area contributed by atoms with Crippen LogP contribution in [0.25, 0.3) is 12.2 Å². The highest BCUT2D eigenvalue weighted by molar-refractivity contribution is 6.62. The van der Waals surface area contributed by atoms with Crippen LogP contribution in [-0.2, 0) is 14.1 Å². The molecular weight excluding hydrogens is 301 g/mol. The largest absolute Gasteiger partial charge is 0.494 e. The molecule has 1 saturated heterocycles. The van der Waals surface area contributed by atoms with Crippen molar-refractivity contribution < 1.29 is 14.1 Å². The minimum atomic E-state index is -0.631. The number of carbonyl (C=O) groups excluding carboxylic acids is 1. The summed E-state index contributed by atoms with van der Waals surface area (Å²) in [5.41, 5.74) is 3.62. The Hall–Kier alpha value is -2.63. The van der Waals surface area contributed by atoms with Crippen molar-refractivity contribution in [2.45, 2.75) is 6.10 Å². The molecule has 3 rings (SSSR count). The summed E-state index contributed by atoms with van der Waals surface area (Å²) in [5.74, 6) is -0.216. The monoisotopic (exact) mass is 319 g/mol. The highest BCUT2D eigenvalue weighted by Crippen LogP contribution is 2.14. The lowest BCUT2D eigenvalue weighted by Gasteiger charge is -2.11. The molecule has 2 aromatic rings. The second-order valence-corrected chi connectivity index (χ2v) is 5.48. The lowest BCUT2D eigenvalue weighted by molar-refractivity contribution is -0.122. The van der Waals surface area contributed by atoms with Gasteiger partial charge in [0.05, 0.1) is 6.61 Å². The molecule has 0 aromatic heterocycles. The quantitative estimate of drug-likeness (QED) is 0.862. The lowest BCUT2D eigenvalue weighted by Crippen LogP contribution is -2.35. The first-order valence-corrected chi connectivity index (χ1v) is 7.72. The van der Waals surface area contributed by atoms with Gasteiger partial charge in [-0.1, -0.05) is 61.7 Å². The van der Waals surface area contributed by atoms with E-state index in [-0.39, 0.29) is 12.5 Å². The molecule has 24 heavy (non-hydrogen) atoms. The molecule has 1 aliphatic rings. The molecule has 1 heterocycles. The van der Waals surface area contributed by atoms with E-state index in [0.717, 1.165) is 16.6 Å². The van der Waals surface area contributed by atoms with Gasteiger partial charge in [0, 0.05) is 5.69 Å². The van der Waals surface area contributed by atoms with E-state index in [9.17, 15) is 4.79 Å². The summed E-state index contributed by atoms with van der Waals surface area (Å²) in [5, 5.41) is 2.83. The third-order valence-corrected chi connectivity index (χ3v) is 3.84. The van der Waals surface area contributed by atoms with Gasteiger partial charge < -0.3 is 14.6 Å². The Balaban J connectivity index is 1.60. The average Bonchev–Trinajstić information content (AvgIpc) is 3.13. The van der Waals surface area contributed by atoms with Gasteiger partial charge in [0.1, 0.15) is 6.10 Å². The Labute approximate surface area is 141 Å². The first-order valence-electron chi connectivity index (χ1n) is 7.72. The number of hydrogen-bond donors (Lipinski definition) is 1. The lowest BCUT2D eigenvalue weighted by atomic mass is 9.79. The molecule has 0 spiro atoms. The molecule has 0 bridgehead atoms. The normalized spacial score (nSPS) is 16.7. The summed E-state index contributed by atoms with van der Waals surface area (Å²) in [6.45, 7) is 7.65. The number of carbonyl (C=O) groups is 1. The smallest absolute Gasteiger partial charge is 0.404 e. The maximum absolute atomic E-state index is 12.3. The third kappa shape index (κ3) is 3.64. The Bertz CT molecular complexity index is 740. The second kappa shape index (κ2) is 7.30. The van der Waals surface area contributed by atoms with Gasteiger partial charge in [-0.05, 0) is 28.7 Å². The molecule has 1 fully saturated rings. The van der Waals surface area contributed by atoms with E-state index in [1.54, 1.807) is 12.2 Å². The Morgan fingerprint density at radius 3 is 2.21 bits per heavy atom. The van der Waals surface area contributed by atoms with Gasteiger partial charge in [-0.2, -0.15) is 0 Å². The molecular formula is C19H18BNO3. The summed E-state index contributed by atoms with van der Waals surface area (Å²) < 4.78 is 11.3. The molecule has 0 saturated carbocycles. The number of anilines is 1. The SMILES string of the molecule is C=Cc1ccc(NC(=O)C2COB(c3ccc(C=C)cc3)O2)cc1. The van der Waals surface area contributed by atoms with E-state index in [1.165, 1.54) is 0 Å². The van der Waals surface area contributed by atoms with Crippen molar-refractivity contribution in [2.24, 2.45) is 0 Å². The Morgan fingerprint density at radius 1 is 1.04 bits per heavy atom. The summed E-state index contributed by atoms with van der Waals surface area (Å²) in [6.07, 6.45) is 2.89. The molecule has 0 radical (unpaired) electrons. The van der Waals surface area contributed by atoms with E-state index in [4.69, 9.17) is 9.31 Å². The van der Waals surface area contributed by atoms with Gasteiger partial charge in [-0.3, -0.25) is 4.79 Å². The standard InChI is InChI=1S/C19H18BNO3/c1-3-14-5-9-16(10-6-14)20-23-13-18(24-20)19(22)21-17-11-7-15(4-2)8-12-17/h3-12,18H,1-2,13H2,(H,21,22). The topological polar surface area (TPSA) is 47.6 Å². The molecule has 0 aliphatic carbocycles. The van der Waals surface area contributed by atoms with Gasteiger partial charge in [-0.25, -0.2) is 0 Å². The molecule has 2 aromatic carbocycles. The minimum Gasteiger partial charge on any atom is -0.404 e. The highest BCUT2D eigenvalue weighted by atomic mass is 16.6. The zero-order chi connectivity index (χ0) is 16.9.